The molecule has 1 heterocycles. The fraction of sp³-hybridized carbons (Fsp3) is 0.0833. The number of hydrogen-bond donors (Lipinski definition) is 0. The van der Waals surface area contributed by atoms with E-state index in [9.17, 15) is 4.79 Å². The molecule has 15 heavy (non-hydrogen) atoms. The topological polar surface area (TPSA) is 39.4 Å². The number of fused-ring (bicyclic) bond motifs is 1. The lowest BCUT2D eigenvalue weighted by Crippen LogP contribution is -1.99. The summed E-state index contributed by atoms with van der Waals surface area (Å²) in [4.78, 5) is 11.5. The van der Waals surface area contributed by atoms with E-state index in [1.54, 1.807) is 24.3 Å². The Kier molecular flexibility index (Phi) is 2.54. The van der Waals surface area contributed by atoms with Crippen molar-refractivity contribution in [2.24, 2.45) is 0 Å². The highest BCUT2D eigenvalue weighted by Gasteiger charge is 2.01. The molecule has 2 rings (SSSR count). The first-order valence-electron chi connectivity index (χ1n) is 4.56. The van der Waals surface area contributed by atoms with Crippen molar-refractivity contribution >= 4 is 11.0 Å². The minimum Gasteiger partial charge on any atom is -0.490 e. The summed E-state index contributed by atoms with van der Waals surface area (Å²) in [6, 6.07) is 6.54. The molecule has 3 heteroatoms. The normalized spacial score (nSPS) is 10.1. The third-order valence-electron chi connectivity index (χ3n) is 2.00. The van der Waals surface area contributed by atoms with Gasteiger partial charge in [-0.1, -0.05) is 12.7 Å². The van der Waals surface area contributed by atoms with E-state index in [2.05, 4.69) is 6.58 Å². The maximum Gasteiger partial charge on any atom is 0.192 e. The molecule has 0 aliphatic heterocycles. The summed E-state index contributed by atoms with van der Waals surface area (Å²) in [6.45, 7) is 3.97. The molecule has 0 spiro atoms. The molecule has 1 aromatic heterocycles. The van der Waals surface area contributed by atoms with Gasteiger partial charge in [0.05, 0.1) is 11.6 Å². The van der Waals surface area contributed by atoms with Gasteiger partial charge in [0, 0.05) is 6.07 Å². The fourth-order valence-electron chi connectivity index (χ4n) is 1.31. The zero-order valence-electron chi connectivity index (χ0n) is 8.10. The Morgan fingerprint density at radius 3 is 3.07 bits per heavy atom. The quantitative estimate of drug-likeness (QED) is 0.717. The Balaban J connectivity index is 2.50. The highest BCUT2D eigenvalue weighted by molar-refractivity contribution is 5.77. The predicted octanol–water partition coefficient (Wildman–Crippen LogP) is 2.36. The number of hydrogen-bond acceptors (Lipinski definition) is 3. The van der Waals surface area contributed by atoms with Crippen LogP contribution in [0.15, 0.2) is 52.4 Å². The van der Waals surface area contributed by atoms with Gasteiger partial charge in [-0.15, -0.1) is 0 Å². The molecule has 2 aromatic rings. The predicted molar refractivity (Wildman–Crippen MR) is 58.2 cm³/mol. The van der Waals surface area contributed by atoms with Crippen LogP contribution in [0.25, 0.3) is 11.0 Å². The van der Waals surface area contributed by atoms with E-state index in [4.69, 9.17) is 9.15 Å². The third kappa shape index (κ3) is 1.91. The van der Waals surface area contributed by atoms with Crippen molar-refractivity contribution in [2.75, 3.05) is 6.61 Å². The Labute approximate surface area is 86.6 Å². The number of ether oxygens (including phenoxy) is 1. The first-order valence-corrected chi connectivity index (χ1v) is 4.56. The van der Waals surface area contributed by atoms with E-state index >= 15 is 0 Å². The SMILES string of the molecule is C=CCOc1ccc2occc(=O)c2c1. The largest absolute Gasteiger partial charge is 0.490 e. The molecular weight excluding hydrogens is 192 g/mol. The summed E-state index contributed by atoms with van der Waals surface area (Å²) < 4.78 is 10.5. The molecule has 0 fully saturated rings. The number of benzene rings is 1. The van der Waals surface area contributed by atoms with Crippen molar-refractivity contribution in [3.8, 4) is 5.75 Å². The van der Waals surface area contributed by atoms with Gasteiger partial charge in [-0.3, -0.25) is 4.79 Å². The van der Waals surface area contributed by atoms with Gasteiger partial charge >= 0.3 is 0 Å². The molecule has 0 saturated carbocycles. The average molecular weight is 202 g/mol. The standard InChI is InChI=1S/C12H10O3/c1-2-6-14-9-3-4-12-10(8-9)11(13)5-7-15-12/h2-5,7-8H,1,6H2. The summed E-state index contributed by atoms with van der Waals surface area (Å²) in [7, 11) is 0. The lowest BCUT2D eigenvalue weighted by Gasteiger charge is -2.03. The summed E-state index contributed by atoms with van der Waals surface area (Å²) >= 11 is 0. The lowest BCUT2D eigenvalue weighted by molar-refractivity contribution is 0.363. The van der Waals surface area contributed by atoms with Crippen LogP contribution >= 0.6 is 0 Å². The maximum absolute atomic E-state index is 11.5. The van der Waals surface area contributed by atoms with Crippen molar-refractivity contribution in [3.05, 3.63) is 53.4 Å². The van der Waals surface area contributed by atoms with Crippen molar-refractivity contribution in [3.63, 3.8) is 0 Å². The van der Waals surface area contributed by atoms with Crippen LogP contribution in [0.5, 0.6) is 5.75 Å². The van der Waals surface area contributed by atoms with Crippen LogP contribution in [0.4, 0.5) is 0 Å². The zero-order chi connectivity index (χ0) is 10.7. The molecule has 0 atom stereocenters. The highest BCUT2D eigenvalue weighted by atomic mass is 16.5. The van der Waals surface area contributed by atoms with Gasteiger partial charge < -0.3 is 9.15 Å². The van der Waals surface area contributed by atoms with Crippen molar-refractivity contribution in [1.29, 1.82) is 0 Å². The first kappa shape index (κ1) is 9.52. The van der Waals surface area contributed by atoms with Crippen LogP contribution in [0.3, 0.4) is 0 Å². The van der Waals surface area contributed by atoms with Gasteiger partial charge in [0.25, 0.3) is 0 Å². The molecule has 0 aliphatic carbocycles. The van der Waals surface area contributed by atoms with Crippen LogP contribution in [-0.4, -0.2) is 6.61 Å². The van der Waals surface area contributed by atoms with Gasteiger partial charge in [-0.25, -0.2) is 0 Å². The smallest absolute Gasteiger partial charge is 0.192 e. The second-order valence-corrected chi connectivity index (χ2v) is 3.04. The van der Waals surface area contributed by atoms with Crippen molar-refractivity contribution in [2.45, 2.75) is 0 Å². The van der Waals surface area contributed by atoms with Crippen LogP contribution in [-0.2, 0) is 0 Å². The molecule has 0 N–H and O–H groups in total. The van der Waals surface area contributed by atoms with Gasteiger partial charge in [0.15, 0.2) is 5.43 Å². The molecule has 1 aromatic carbocycles. The third-order valence-corrected chi connectivity index (χ3v) is 2.00. The second-order valence-electron chi connectivity index (χ2n) is 3.04. The Morgan fingerprint density at radius 2 is 2.27 bits per heavy atom. The van der Waals surface area contributed by atoms with E-state index in [0.717, 1.165) is 0 Å². The van der Waals surface area contributed by atoms with Crippen molar-refractivity contribution < 1.29 is 9.15 Å². The fourth-order valence-corrected chi connectivity index (χ4v) is 1.31. The second kappa shape index (κ2) is 4.00. The minimum atomic E-state index is -0.0692. The molecule has 0 saturated heterocycles. The van der Waals surface area contributed by atoms with Gasteiger partial charge in [0.1, 0.15) is 17.9 Å². The Morgan fingerprint density at radius 1 is 1.40 bits per heavy atom. The monoisotopic (exact) mass is 202 g/mol. The molecule has 0 aliphatic rings. The summed E-state index contributed by atoms with van der Waals surface area (Å²) in [5.74, 6) is 0.640. The molecule has 0 radical (unpaired) electrons. The zero-order valence-corrected chi connectivity index (χ0v) is 8.10. The Hall–Kier alpha value is -2.03. The number of rotatable bonds is 3. The highest BCUT2D eigenvalue weighted by Crippen LogP contribution is 2.17. The molecule has 0 unspecified atom stereocenters. The molecule has 0 bridgehead atoms. The van der Waals surface area contributed by atoms with Crippen LogP contribution in [0.2, 0.25) is 0 Å². The first-order chi connectivity index (χ1) is 7.31. The molecular formula is C12H10O3. The summed E-state index contributed by atoms with van der Waals surface area (Å²) in [5.41, 5.74) is 0.494. The minimum absolute atomic E-state index is 0.0692. The maximum atomic E-state index is 11.5. The van der Waals surface area contributed by atoms with E-state index in [1.165, 1.54) is 12.3 Å². The summed E-state index contributed by atoms with van der Waals surface area (Å²) in [5, 5.41) is 0.527. The van der Waals surface area contributed by atoms with Gasteiger partial charge in [-0.05, 0) is 18.2 Å². The van der Waals surface area contributed by atoms with E-state index in [0.29, 0.717) is 23.3 Å². The van der Waals surface area contributed by atoms with Crippen LogP contribution < -0.4 is 10.2 Å². The van der Waals surface area contributed by atoms with E-state index in [-0.39, 0.29) is 5.43 Å². The van der Waals surface area contributed by atoms with E-state index < -0.39 is 0 Å². The molecule has 3 nitrogen and oxygen atoms in total. The molecule has 0 amide bonds. The Bertz CT molecular complexity index is 540. The van der Waals surface area contributed by atoms with Gasteiger partial charge in [0.2, 0.25) is 0 Å². The lowest BCUT2D eigenvalue weighted by atomic mass is 10.2. The van der Waals surface area contributed by atoms with Crippen LogP contribution in [0, 0.1) is 0 Å². The summed E-state index contributed by atoms with van der Waals surface area (Å²) in [6.07, 6.45) is 3.03. The van der Waals surface area contributed by atoms with Gasteiger partial charge in [-0.2, -0.15) is 0 Å². The van der Waals surface area contributed by atoms with Crippen molar-refractivity contribution in [1.82, 2.24) is 0 Å². The average Bonchev–Trinajstić information content (AvgIpc) is 2.27. The molecule has 76 valence electrons. The van der Waals surface area contributed by atoms with E-state index in [1.807, 2.05) is 0 Å². The van der Waals surface area contributed by atoms with Crippen LogP contribution in [0.1, 0.15) is 0 Å².